The third-order valence-electron chi connectivity index (χ3n) is 6.45. The second kappa shape index (κ2) is 13.8. The Kier molecular flexibility index (Phi) is 10.8. The van der Waals surface area contributed by atoms with Crippen LogP contribution in [0.2, 0.25) is 5.02 Å². The molecule has 1 atom stereocenters. The van der Waals surface area contributed by atoms with Crippen molar-refractivity contribution in [1.29, 1.82) is 0 Å². The topological polar surface area (TPSA) is 86.8 Å². The maximum Gasteiger partial charge on any atom is 0.244 e. The maximum atomic E-state index is 14.2. The van der Waals surface area contributed by atoms with E-state index < -0.39 is 28.5 Å². The van der Waals surface area contributed by atoms with E-state index in [1.54, 1.807) is 30.3 Å². The molecule has 2 amide bonds. The van der Waals surface area contributed by atoms with Crippen molar-refractivity contribution in [2.24, 2.45) is 0 Å². The molecule has 3 rings (SSSR count). The van der Waals surface area contributed by atoms with Crippen LogP contribution in [0.25, 0.3) is 0 Å². The summed E-state index contributed by atoms with van der Waals surface area (Å²) in [6, 6.07) is 22.7. The van der Waals surface area contributed by atoms with Crippen LogP contribution in [-0.4, -0.2) is 50.0 Å². The highest BCUT2D eigenvalue weighted by Crippen LogP contribution is 2.29. The fourth-order valence-electron chi connectivity index (χ4n) is 4.56. The molecule has 7 nitrogen and oxygen atoms in total. The molecule has 0 aliphatic carbocycles. The molecule has 0 bridgehead atoms. The first-order valence-electron chi connectivity index (χ1n) is 13.3. The Hall–Kier alpha value is -3.36. The molecule has 0 spiro atoms. The van der Waals surface area contributed by atoms with Crippen LogP contribution in [0.3, 0.4) is 0 Å². The van der Waals surface area contributed by atoms with Crippen molar-refractivity contribution in [2.45, 2.75) is 58.7 Å². The van der Waals surface area contributed by atoms with E-state index in [0.29, 0.717) is 10.7 Å². The van der Waals surface area contributed by atoms with E-state index in [1.807, 2.05) is 76.2 Å². The smallest absolute Gasteiger partial charge is 0.244 e. The van der Waals surface area contributed by atoms with Crippen molar-refractivity contribution in [2.75, 3.05) is 17.1 Å². The summed E-state index contributed by atoms with van der Waals surface area (Å²) in [5.74, 6) is -0.785. The lowest BCUT2D eigenvalue weighted by molar-refractivity contribution is -0.140. The summed E-state index contributed by atoms with van der Waals surface area (Å²) >= 11 is 6.25. The fourth-order valence-corrected chi connectivity index (χ4v) is 5.65. The number of anilines is 1. The number of hydrogen-bond acceptors (Lipinski definition) is 4. The van der Waals surface area contributed by atoms with E-state index in [4.69, 9.17) is 11.6 Å². The highest BCUT2D eigenvalue weighted by Gasteiger charge is 2.33. The summed E-state index contributed by atoms with van der Waals surface area (Å²) in [6.07, 6.45) is 1.35. The lowest BCUT2D eigenvalue weighted by Gasteiger charge is -2.34. The summed E-state index contributed by atoms with van der Waals surface area (Å²) < 4.78 is 27.3. The molecule has 0 saturated heterocycles. The first-order chi connectivity index (χ1) is 18.9. The van der Waals surface area contributed by atoms with Crippen molar-refractivity contribution in [3.05, 3.63) is 101 Å². The summed E-state index contributed by atoms with van der Waals surface area (Å²) in [7, 11) is -3.84. The Labute approximate surface area is 243 Å². The van der Waals surface area contributed by atoms with Crippen LogP contribution in [0, 0.1) is 0 Å². The van der Waals surface area contributed by atoms with Crippen LogP contribution in [-0.2, 0) is 32.6 Å². The van der Waals surface area contributed by atoms with Crippen LogP contribution in [0.15, 0.2) is 78.9 Å². The van der Waals surface area contributed by atoms with Crippen molar-refractivity contribution in [1.82, 2.24) is 10.2 Å². The Morgan fingerprint density at radius 3 is 2.10 bits per heavy atom. The minimum absolute atomic E-state index is 0.0285. The molecular weight excluding hydrogens is 546 g/mol. The number of para-hydroxylation sites is 1. The number of amides is 2. The molecule has 9 heteroatoms. The summed E-state index contributed by atoms with van der Waals surface area (Å²) in [6.45, 7) is 7.27. The normalized spacial score (nSPS) is 12.3. The number of rotatable bonds is 12. The predicted molar refractivity (Wildman–Crippen MR) is 162 cm³/mol. The highest BCUT2D eigenvalue weighted by molar-refractivity contribution is 7.92. The molecule has 3 aromatic carbocycles. The van der Waals surface area contributed by atoms with Gasteiger partial charge in [0.1, 0.15) is 12.6 Å². The van der Waals surface area contributed by atoms with E-state index in [2.05, 4.69) is 5.32 Å². The van der Waals surface area contributed by atoms with Crippen molar-refractivity contribution in [3.63, 3.8) is 0 Å². The molecule has 0 aliphatic heterocycles. The van der Waals surface area contributed by atoms with Gasteiger partial charge in [-0.05, 0) is 54.7 Å². The van der Waals surface area contributed by atoms with Gasteiger partial charge in [-0.1, -0.05) is 86.1 Å². The van der Waals surface area contributed by atoms with Crippen molar-refractivity contribution < 1.29 is 18.0 Å². The molecule has 0 fully saturated rings. The average molecular weight is 584 g/mol. The number of nitrogens with one attached hydrogen (secondary N) is 1. The van der Waals surface area contributed by atoms with Crippen LogP contribution in [0.1, 0.15) is 50.3 Å². The SMILES string of the molecule is CC(C)NC(=O)[C@@H](Cc1ccccc1)N(Cc1cccc(Cl)c1)C(=O)CN(c1ccccc1C(C)C)S(C)(=O)=O. The van der Waals surface area contributed by atoms with Crippen molar-refractivity contribution >= 4 is 39.1 Å². The second-order valence-electron chi connectivity index (χ2n) is 10.5. The standard InChI is InChI=1S/C31H38ClN3O4S/c1-22(2)27-16-9-10-17-28(27)35(40(5,38)39)21-30(36)34(20-25-14-11-15-26(32)18-25)29(31(37)33-23(3)4)19-24-12-7-6-8-13-24/h6-18,22-23,29H,19-21H2,1-5H3,(H,33,37)/t29-/m1/s1. The van der Waals surface area contributed by atoms with E-state index in [0.717, 1.165) is 27.3 Å². The Balaban J connectivity index is 2.09. The molecule has 0 aliphatic rings. The number of benzene rings is 3. The van der Waals surface area contributed by atoms with Gasteiger partial charge in [0.25, 0.3) is 0 Å². The van der Waals surface area contributed by atoms with Gasteiger partial charge >= 0.3 is 0 Å². The molecule has 0 radical (unpaired) electrons. The second-order valence-corrected chi connectivity index (χ2v) is 12.8. The number of carbonyl (C=O) groups is 2. The molecule has 0 unspecified atom stereocenters. The van der Waals surface area contributed by atoms with Crippen LogP contribution >= 0.6 is 11.6 Å². The monoisotopic (exact) mass is 583 g/mol. The van der Waals surface area contributed by atoms with Gasteiger partial charge in [0.05, 0.1) is 11.9 Å². The molecule has 1 N–H and O–H groups in total. The third-order valence-corrected chi connectivity index (χ3v) is 7.81. The van der Waals surface area contributed by atoms with Crippen molar-refractivity contribution in [3.8, 4) is 0 Å². The van der Waals surface area contributed by atoms with Gasteiger partial charge in [-0.3, -0.25) is 13.9 Å². The molecule has 3 aromatic rings. The highest BCUT2D eigenvalue weighted by atomic mass is 35.5. The molecular formula is C31H38ClN3O4S. The average Bonchev–Trinajstić information content (AvgIpc) is 2.88. The van der Waals surface area contributed by atoms with Gasteiger partial charge < -0.3 is 10.2 Å². The number of halogens is 1. The van der Waals surface area contributed by atoms with Crippen LogP contribution < -0.4 is 9.62 Å². The zero-order valence-corrected chi connectivity index (χ0v) is 25.2. The first-order valence-corrected chi connectivity index (χ1v) is 15.5. The molecule has 0 aromatic heterocycles. The Morgan fingerprint density at radius 2 is 1.50 bits per heavy atom. The van der Waals surface area contributed by atoms with E-state index in [1.165, 1.54) is 4.90 Å². The number of carbonyl (C=O) groups excluding carboxylic acids is 2. The Bertz CT molecular complexity index is 1410. The summed E-state index contributed by atoms with van der Waals surface area (Å²) in [5, 5.41) is 3.44. The van der Waals surface area contributed by atoms with Gasteiger partial charge in [0.2, 0.25) is 21.8 Å². The molecule has 0 heterocycles. The number of hydrogen-bond donors (Lipinski definition) is 1. The van der Waals surface area contributed by atoms with Gasteiger partial charge in [-0.25, -0.2) is 8.42 Å². The predicted octanol–water partition coefficient (Wildman–Crippen LogP) is 5.39. The minimum atomic E-state index is -3.84. The van der Waals surface area contributed by atoms with E-state index in [9.17, 15) is 18.0 Å². The lowest BCUT2D eigenvalue weighted by Crippen LogP contribution is -2.54. The number of nitrogens with zero attached hydrogens (tertiary/aromatic N) is 2. The first kappa shape index (κ1) is 31.2. The van der Waals surface area contributed by atoms with E-state index >= 15 is 0 Å². The third kappa shape index (κ3) is 8.57. The maximum absolute atomic E-state index is 14.2. The number of sulfonamides is 1. The van der Waals surface area contributed by atoms with Gasteiger partial charge in [0.15, 0.2) is 0 Å². The van der Waals surface area contributed by atoms with Crippen LogP contribution in [0.5, 0.6) is 0 Å². The summed E-state index contributed by atoms with van der Waals surface area (Å²) in [5.41, 5.74) is 2.85. The summed E-state index contributed by atoms with van der Waals surface area (Å²) in [4.78, 5) is 29.2. The zero-order valence-electron chi connectivity index (χ0n) is 23.7. The van der Waals surface area contributed by atoms with Gasteiger partial charge in [-0.2, -0.15) is 0 Å². The quantitative estimate of drug-likeness (QED) is 0.309. The van der Waals surface area contributed by atoms with Gasteiger partial charge in [0, 0.05) is 24.0 Å². The molecule has 0 saturated carbocycles. The largest absolute Gasteiger partial charge is 0.352 e. The minimum Gasteiger partial charge on any atom is -0.352 e. The fraction of sp³-hybridized carbons (Fsp3) is 0.355. The molecule has 214 valence electrons. The van der Waals surface area contributed by atoms with Gasteiger partial charge in [-0.15, -0.1) is 0 Å². The van der Waals surface area contributed by atoms with Crippen LogP contribution in [0.4, 0.5) is 5.69 Å². The molecule has 40 heavy (non-hydrogen) atoms. The lowest BCUT2D eigenvalue weighted by atomic mass is 10.0. The van der Waals surface area contributed by atoms with E-state index in [-0.39, 0.29) is 30.8 Å². The Morgan fingerprint density at radius 1 is 0.875 bits per heavy atom. The zero-order chi connectivity index (χ0) is 29.4.